The van der Waals surface area contributed by atoms with Crippen molar-refractivity contribution >= 4 is 44.3 Å². The fourth-order valence-corrected chi connectivity index (χ4v) is 19.4. The third-order valence-electron chi connectivity index (χ3n) is 12.0. The van der Waals surface area contributed by atoms with Crippen LogP contribution in [-0.2, 0) is 10.9 Å². The third kappa shape index (κ3) is 12.5. The van der Waals surface area contributed by atoms with Gasteiger partial charge in [-0.05, 0) is 111 Å². The van der Waals surface area contributed by atoms with Gasteiger partial charge in [-0.2, -0.15) is 0 Å². The van der Waals surface area contributed by atoms with Crippen molar-refractivity contribution in [1.29, 1.82) is 0 Å². The van der Waals surface area contributed by atoms with Crippen LogP contribution in [0.3, 0.4) is 0 Å². The molecule has 0 aliphatic heterocycles. The van der Waals surface area contributed by atoms with E-state index in [1.165, 1.54) is 83.4 Å². The molecule has 0 N–H and O–H groups in total. The molecule has 0 aromatic heterocycles. The second-order valence-corrected chi connectivity index (χ2v) is 25.8. The summed E-state index contributed by atoms with van der Waals surface area (Å²) in [6, 6.07) is 0. The number of rotatable bonds is 6. The summed E-state index contributed by atoms with van der Waals surface area (Å²) in [5.41, 5.74) is 7.14. The van der Waals surface area contributed by atoms with Gasteiger partial charge in [0.15, 0.2) is 0 Å². The van der Waals surface area contributed by atoms with Crippen molar-refractivity contribution in [3.8, 4) is 0 Å². The van der Waals surface area contributed by atoms with Crippen molar-refractivity contribution in [1.82, 2.24) is 0 Å². The molecule has 6 aliphatic carbocycles. The Balaban J connectivity index is 0.000000173. The molecule has 0 atom stereocenters. The molecule has 41 heavy (non-hydrogen) atoms. The van der Waals surface area contributed by atoms with Crippen LogP contribution in [0.4, 0.5) is 0 Å². The summed E-state index contributed by atoms with van der Waals surface area (Å²) < 4.78 is 0. The maximum atomic E-state index is 3.00. The summed E-state index contributed by atoms with van der Waals surface area (Å²) in [6.07, 6.45) is 47.2. The first kappa shape index (κ1) is 36.2. The Morgan fingerprint density at radius 3 is 0.512 bits per heavy atom. The van der Waals surface area contributed by atoms with E-state index in [9.17, 15) is 0 Å². The molecule has 0 saturated heterocycles. The van der Waals surface area contributed by atoms with Crippen LogP contribution in [0.15, 0.2) is 0 Å². The Morgan fingerprint density at radius 1 is 0.268 bits per heavy atom. The first-order valence-corrected chi connectivity index (χ1v) is 26.7. The molecule has 0 heterocycles. The quantitative estimate of drug-likeness (QED) is 0.186. The first-order valence-electron chi connectivity index (χ1n) is 18.7. The molecule has 244 valence electrons. The van der Waals surface area contributed by atoms with Crippen LogP contribution in [0, 0.1) is 0 Å². The van der Waals surface area contributed by atoms with Gasteiger partial charge in [-0.15, -0.1) is 0 Å². The van der Waals surface area contributed by atoms with Crippen LogP contribution >= 0.6 is 44.3 Å². The Kier molecular flexibility index (Phi) is 19.4. The van der Waals surface area contributed by atoms with Gasteiger partial charge < -0.3 is 0 Å². The van der Waals surface area contributed by atoms with E-state index in [4.69, 9.17) is 0 Å². The normalized spacial score (nSPS) is 27.3. The van der Waals surface area contributed by atoms with E-state index in [1.54, 1.807) is 154 Å². The van der Waals surface area contributed by atoms with Crippen molar-refractivity contribution in [2.75, 3.05) is 0 Å². The van der Waals surface area contributed by atoms with Crippen LogP contribution in [0.5, 0.6) is 0 Å². The molecule has 6 aliphatic rings. The van der Waals surface area contributed by atoms with Crippen molar-refractivity contribution < 1.29 is 10.9 Å². The van der Waals surface area contributed by atoms with Gasteiger partial charge in [0.05, 0.1) is 0 Å². The van der Waals surface area contributed by atoms with E-state index in [1.807, 2.05) is 0 Å². The molecule has 0 spiro atoms. The van der Waals surface area contributed by atoms with Gasteiger partial charge in [-0.25, -0.2) is 0 Å². The van der Waals surface area contributed by atoms with E-state index in [0.717, 1.165) is 0 Å². The first-order chi connectivity index (χ1) is 20.3. The van der Waals surface area contributed by atoms with Gasteiger partial charge in [-0.1, -0.05) is 131 Å². The minimum absolute atomic E-state index is 0.385. The summed E-state index contributed by atoms with van der Waals surface area (Å²) in [6.45, 7) is 0. The summed E-state index contributed by atoms with van der Waals surface area (Å²) in [7, 11) is 2.02. The number of hydrogen-bond acceptors (Lipinski definition) is 0. The zero-order chi connectivity index (χ0) is 28.5. The summed E-state index contributed by atoms with van der Waals surface area (Å²) in [5.74, 6) is 0. The summed E-state index contributed by atoms with van der Waals surface area (Å²) >= 11 is 6.00. The second-order valence-electron chi connectivity index (χ2n) is 14.7. The molecule has 0 radical (unpaired) electrons. The van der Waals surface area contributed by atoms with E-state index in [-0.39, 0.29) is 0 Å². The Morgan fingerprint density at radius 2 is 0.390 bits per heavy atom. The van der Waals surface area contributed by atoms with Gasteiger partial charge in [-0.3, -0.25) is 0 Å². The minimum atomic E-state index is 0.385. The SMILES string of the molecule is C1CCC(P(C2CCCCC2)C2CCCCC2)CC1.C1CCC(P(C2CCCCC2)C2CCCCC2)CC1.[Br][Ni][Br]. The molecule has 5 heteroatoms. The summed E-state index contributed by atoms with van der Waals surface area (Å²) in [4.78, 5) is 0. The molecule has 0 nitrogen and oxygen atoms in total. The number of hydrogen-bond donors (Lipinski definition) is 0. The van der Waals surface area contributed by atoms with Crippen LogP contribution < -0.4 is 0 Å². The Bertz CT molecular complexity index is 490. The fraction of sp³-hybridized carbons (Fsp3) is 1.00. The van der Waals surface area contributed by atoms with E-state index in [2.05, 4.69) is 28.5 Å². The van der Waals surface area contributed by atoms with Gasteiger partial charge in [0.1, 0.15) is 0 Å². The predicted octanol–water partition coefficient (Wildman–Crippen LogP) is 14.6. The third-order valence-corrected chi connectivity index (χ3v) is 20.1. The summed E-state index contributed by atoms with van der Waals surface area (Å²) in [5, 5.41) is 0. The van der Waals surface area contributed by atoms with Crippen molar-refractivity contribution in [3.63, 3.8) is 0 Å². The molecule has 0 unspecified atom stereocenters. The predicted molar refractivity (Wildman–Crippen MR) is 193 cm³/mol. The van der Waals surface area contributed by atoms with Gasteiger partial charge in [0.25, 0.3) is 0 Å². The molecule has 0 aromatic rings. The van der Waals surface area contributed by atoms with Crippen molar-refractivity contribution in [2.45, 2.75) is 227 Å². The van der Waals surface area contributed by atoms with Crippen molar-refractivity contribution in [2.24, 2.45) is 0 Å². The van der Waals surface area contributed by atoms with Crippen molar-refractivity contribution in [3.05, 3.63) is 0 Å². The Labute approximate surface area is 279 Å². The molecular weight excluding hydrogens is 713 g/mol. The molecule has 0 aromatic carbocycles. The molecule has 0 bridgehead atoms. The zero-order valence-electron chi connectivity index (χ0n) is 26.6. The van der Waals surface area contributed by atoms with Gasteiger partial charge >= 0.3 is 39.3 Å². The van der Waals surface area contributed by atoms with Gasteiger partial charge in [0, 0.05) is 0 Å². The van der Waals surface area contributed by atoms with Crippen LogP contribution in [-0.4, -0.2) is 34.0 Å². The average molecular weight is 779 g/mol. The molecular formula is C36H66Br2NiP2. The Hall–Kier alpha value is 2.31. The molecule has 6 saturated carbocycles. The van der Waals surface area contributed by atoms with Crippen LogP contribution in [0.25, 0.3) is 0 Å². The number of halogens is 2. The topological polar surface area (TPSA) is 0 Å². The average Bonchev–Trinajstić information content (AvgIpc) is 3.05. The van der Waals surface area contributed by atoms with E-state index in [0.29, 0.717) is 15.8 Å². The van der Waals surface area contributed by atoms with E-state index < -0.39 is 0 Å². The second kappa shape index (κ2) is 22.0. The van der Waals surface area contributed by atoms with E-state index >= 15 is 0 Å². The molecule has 0 amide bonds. The van der Waals surface area contributed by atoms with Crippen LogP contribution in [0.2, 0.25) is 0 Å². The molecule has 6 rings (SSSR count). The fourth-order valence-electron chi connectivity index (χ4n) is 10.1. The van der Waals surface area contributed by atoms with Gasteiger partial charge in [0.2, 0.25) is 0 Å². The van der Waals surface area contributed by atoms with Crippen LogP contribution in [0.1, 0.15) is 193 Å². The maximum absolute atomic E-state index is 3.00. The molecule has 6 fully saturated rings. The zero-order valence-corrected chi connectivity index (χ0v) is 32.6. The standard InChI is InChI=1S/2C18H33P.2BrH.Ni/c2*1-4-10-16(11-5-1)19(17-12-6-2-7-13-17)18-14-8-3-9-15-18;;;/h2*16-18H,1-15H2;2*1H;/q;;;;+2/p-2. The monoisotopic (exact) mass is 776 g/mol.